The molecule has 188 valence electrons. The second-order valence-electron chi connectivity index (χ2n) is 8.86. The fourth-order valence-corrected chi connectivity index (χ4v) is 4.53. The van der Waals surface area contributed by atoms with Crippen molar-refractivity contribution in [1.82, 2.24) is 4.57 Å². The molecule has 0 amide bonds. The number of rotatable bonds is 4. The highest BCUT2D eigenvalue weighted by atomic mass is 19.5. The third-order valence-corrected chi connectivity index (χ3v) is 5.56. The van der Waals surface area contributed by atoms with Gasteiger partial charge in [0.15, 0.2) is 0 Å². The van der Waals surface area contributed by atoms with E-state index in [0.717, 1.165) is 23.0 Å². The van der Waals surface area contributed by atoms with Crippen LogP contribution < -0.4 is 4.57 Å². The second kappa shape index (κ2) is 10.9. The van der Waals surface area contributed by atoms with Gasteiger partial charge in [0, 0.05) is 5.11 Å². The van der Waals surface area contributed by atoms with Crippen molar-refractivity contribution in [3.05, 3.63) is 100 Å². The van der Waals surface area contributed by atoms with E-state index in [0.29, 0.717) is 0 Å². The van der Waals surface area contributed by atoms with E-state index in [1.165, 1.54) is 33.4 Å². The van der Waals surface area contributed by atoms with Gasteiger partial charge in [-0.05, 0) is 75.9 Å². The predicted molar refractivity (Wildman–Crippen MR) is 137 cm³/mol. The average Bonchev–Trinajstić information content (AvgIpc) is 3.13. The Morgan fingerprint density at radius 2 is 1.17 bits per heavy atom. The highest BCUT2D eigenvalue weighted by Crippen LogP contribution is 2.28. The van der Waals surface area contributed by atoms with Gasteiger partial charge in [0.2, 0.25) is 0 Å². The minimum absolute atomic E-state index is 0.772. The lowest BCUT2D eigenvalue weighted by Crippen LogP contribution is -2.31. The molecule has 4 aromatic rings. The third kappa shape index (κ3) is 6.68. The molecule has 0 aliphatic heterocycles. The number of hydrogen-bond acceptors (Lipinski definition) is 2. The van der Waals surface area contributed by atoms with Crippen LogP contribution in [0.3, 0.4) is 0 Å². The number of aryl methyl sites for hydroxylation is 6. The molecule has 1 aromatic heterocycles. The summed E-state index contributed by atoms with van der Waals surface area (Å²) < 4.78 is 43.3. The zero-order valence-electron chi connectivity index (χ0n) is 21.2. The molecule has 0 radical (unpaired) electrons. The third-order valence-electron chi connectivity index (χ3n) is 5.56. The Hall–Kier alpha value is -3.75. The van der Waals surface area contributed by atoms with Crippen molar-refractivity contribution in [3.63, 3.8) is 0 Å². The standard InChI is InChI=1S/C27H29N4.BF4/c1-18-14-20(3)25(21(4)15-18)30-12-13-31(26-22(5)16-19(2)17-23(26)6)27(30)29-28-24-10-8-7-9-11-24;2-1(3,4)5/h7-17H,1-6H3;/q+1;-1. The summed E-state index contributed by atoms with van der Waals surface area (Å²) in [5.74, 6) is 0.772. The molecule has 4 nitrogen and oxygen atoms in total. The van der Waals surface area contributed by atoms with Crippen molar-refractivity contribution in [2.75, 3.05) is 0 Å². The maximum absolute atomic E-state index is 9.75. The van der Waals surface area contributed by atoms with E-state index in [1.54, 1.807) is 0 Å². The first kappa shape index (κ1) is 26.9. The summed E-state index contributed by atoms with van der Waals surface area (Å²) in [4.78, 5) is 0. The van der Waals surface area contributed by atoms with Crippen molar-refractivity contribution in [3.8, 4) is 11.4 Å². The Labute approximate surface area is 209 Å². The van der Waals surface area contributed by atoms with Crippen LogP contribution in [0.1, 0.15) is 33.4 Å². The summed E-state index contributed by atoms with van der Waals surface area (Å²) in [5, 5.41) is 9.31. The molecule has 0 N–H and O–H groups in total. The molecule has 0 saturated heterocycles. The molecule has 9 heteroatoms. The number of nitrogens with zero attached hydrogens (tertiary/aromatic N) is 4. The van der Waals surface area contributed by atoms with Crippen LogP contribution in [0.15, 0.2) is 77.2 Å². The summed E-state index contributed by atoms with van der Waals surface area (Å²) in [7, 11) is -6.00. The molecule has 3 aromatic carbocycles. The molecule has 4 rings (SSSR count). The fourth-order valence-electron chi connectivity index (χ4n) is 4.53. The van der Waals surface area contributed by atoms with Crippen LogP contribution in [0.25, 0.3) is 11.4 Å². The Bertz CT molecular complexity index is 1270. The zero-order valence-corrected chi connectivity index (χ0v) is 21.2. The summed E-state index contributed by atoms with van der Waals surface area (Å²) >= 11 is 0. The van der Waals surface area contributed by atoms with Crippen LogP contribution in [0.5, 0.6) is 0 Å². The highest BCUT2D eigenvalue weighted by molar-refractivity contribution is 6.50. The maximum Gasteiger partial charge on any atom is 0.673 e. The lowest BCUT2D eigenvalue weighted by atomic mass is 10.0. The molecule has 0 fully saturated rings. The van der Waals surface area contributed by atoms with Crippen LogP contribution in [0.4, 0.5) is 28.9 Å². The molecule has 0 spiro atoms. The first-order chi connectivity index (χ1) is 16.8. The molecule has 0 unspecified atom stereocenters. The van der Waals surface area contributed by atoms with Gasteiger partial charge in [0.25, 0.3) is 0 Å². The number of benzene rings is 3. The van der Waals surface area contributed by atoms with Gasteiger partial charge in [0.05, 0.1) is 0 Å². The summed E-state index contributed by atoms with van der Waals surface area (Å²) in [6.45, 7) is 12.9. The normalized spacial score (nSPS) is 11.5. The zero-order chi connectivity index (χ0) is 26.6. The number of hydrogen-bond donors (Lipinski definition) is 0. The Morgan fingerprint density at radius 3 is 1.67 bits per heavy atom. The highest BCUT2D eigenvalue weighted by Gasteiger charge is 2.25. The Balaban J connectivity index is 0.000000658. The monoisotopic (exact) mass is 496 g/mol. The largest absolute Gasteiger partial charge is 0.673 e. The molecular formula is C27H29BF4N4. The van der Waals surface area contributed by atoms with E-state index in [2.05, 4.69) is 92.5 Å². The number of aromatic nitrogens is 2. The number of azo groups is 1. The van der Waals surface area contributed by atoms with E-state index < -0.39 is 7.25 Å². The van der Waals surface area contributed by atoms with Crippen LogP contribution in [0, 0.1) is 41.5 Å². The summed E-state index contributed by atoms with van der Waals surface area (Å²) in [5.41, 5.74) is 10.5. The Morgan fingerprint density at radius 1 is 0.694 bits per heavy atom. The summed E-state index contributed by atoms with van der Waals surface area (Å²) in [6.07, 6.45) is 4.17. The minimum atomic E-state index is -6.00. The second-order valence-corrected chi connectivity index (χ2v) is 8.86. The van der Waals surface area contributed by atoms with Crippen LogP contribution in [-0.4, -0.2) is 11.8 Å². The van der Waals surface area contributed by atoms with Crippen LogP contribution in [0.2, 0.25) is 0 Å². The number of halogens is 4. The van der Waals surface area contributed by atoms with E-state index in [-0.39, 0.29) is 0 Å². The fraction of sp³-hybridized carbons (Fsp3) is 0.222. The molecule has 1 heterocycles. The number of imidazole rings is 1. The Kier molecular flexibility index (Phi) is 8.12. The van der Waals surface area contributed by atoms with Gasteiger partial charge in [-0.25, -0.2) is 0 Å². The van der Waals surface area contributed by atoms with E-state index in [4.69, 9.17) is 5.11 Å². The average molecular weight is 496 g/mol. The lowest BCUT2D eigenvalue weighted by Gasteiger charge is -2.11. The molecule has 0 saturated carbocycles. The molecular weight excluding hydrogens is 467 g/mol. The van der Waals surface area contributed by atoms with Gasteiger partial charge in [-0.3, -0.25) is 0 Å². The summed E-state index contributed by atoms with van der Waals surface area (Å²) in [6, 6.07) is 18.7. The first-order valence-electron chi connectivity index (χ1n) is 11.5. The molecule has 0 aliphatic carbocycles. The first-order valence-corrected chi connectivity index (χ1v) is 11.5. The lowest BCUT2D eigenvalue weighted by molar-refractivity contribution is -0.581. The van der Waals surface area contributed by atoms with Gasteiger partial charge < -0.3 is 17.3 Å². The SMILES string of the molecule is Cc1cc(C)c(-n2cc[n+](-c3c(C)cc(C)cc3C)c2N=Nc2ccccc2)c(C)c1.F[B-](F)(F)F. The maximum atomic E-state index is 9.75. The quantitative estimate of drug-likeness (QED) is 0.118. The molecule has 36 heavy (non-hydrogen) atoms. The topological polar surface area (TPSA) is 33.5 Å². The van der Waals surface area contributed by atoms with Gasteiger partial charge in [-0.15, -0.1) is 0 Å². The van der Waals surface area contributed by atoms with Crippen molar-refractivity contribution < 1.29 is 21.8 Å². The molecule has 0 aliphatic rings. The van der Waals surface area contributed by atoms with E-state index >= 15 is 0 Å². The smallest absolute Gasteiger partial charge is 0.418 e. The van der Waals surface area contributed by atoms with Crippen LogP contribution in [-0.2, 0) is 0 Å². The van der Waals surface area contributed by atoms with Crippen molar-refractivity contribution in [2.45, 2.75) is 41.5 Å². The van der Waals surface area contributed by atoms with Crippen molar-refractivity contribution >= 4 is 18.9 Å². The van der Waals surface area contributed by atoms with Gasteiger partial charge in [-0.1, -0.05) is 58.7 Å². The minimum Gasteiger partial charge on any atom is -0.418 e. The van der Waals surface area contributed by atoms with E-state index in [9.17, 15) is 17.3 Å². The molecule has 0 atom stereocenters. The predicted octanol–water partition coefficient (Wildman–Crippen LogP) is 8.32. The van der Waals surface area contributed by atoms with Gasteiger partial charge >= 0.3 is 13.2 Å². The van der Waals surface area contributed by atoms with Crippen molar-refractivity contribution in [1.29, 1.82) is 0 Å². The van der Waals surface area contributed by atoms with Gasteiger partial charge in [-0.2, -0.15) is 9.13 Å². The van der Waals surface area contributed by atoms with Gasteiger partial charge in [0.1, 0.15) is 29.5 Å². The van der Waals surface area contributed by atoms with Crippen LogP contribution >= 0.6 is 0 Å². The van der Waals surface area contributed by atoms with E-state index in [1.807, 2.05) is 30.3 Å². The van der Waals surface area contributed by atoms with Crippen molar-refractivity contribution in [2.24, 2.45) is 10.2 Å². The molecule has 0 bridgehead atoms.